The standard InChI is InChI=1S/C16H18N4O3S/c1-10-3-5-12(6-4-10)20-8-11(7-14(20)22)15-18-19-16(24-15)17-13(21)9-23-2/h3-6,11H,7-9H2,1-2H3,(H,17,19,21)/t11-/m0/s1. The molecule has 1 fully saturated rings. The second-order valence-corrected chi connectivity index (χ2v) is 6.68. The predicted octanol–water partition coefficient (Wildman–Crippen LogP) is 1.95. The summed E-state index contributed by atoms with van der Waals surface area (Å²) >= 11 is 1.30. The van der Waals surface area contributed by atoms with Crippen molar-refractivity contribution in [2.75, 3.05) is 30.5 Å². The van der Waals surface area contributed by atoms with Crippen LogP contribution >= 0.6 is 11.3 Å². The van der Waals surface area contributed by atoms with Gasteiger partial charge in [-0.05, 0) is 19.1 Å². The van der Waals surface area contributed by atoms with Crippen LogP contribution < -0.4 is 10.2 Å². The molecule has 0 aliphatic carbocycles. The number of ether oxygens (including phenoxy) is 1. The highest BCUT2D eigenvalue weighted by atomic mass is 32.1. The number of hydrogen-bond acceptors (Lipinski definition) is 6. The van der Waals surface area contributed by atoms with Crippen LogP contribution in [0, 0.1) is 6.92 Å². The normalized spacial score (nSPS) is 17.3. The van der Waals surface area contributed by atoms with Gasteiger partial charge in [-0.15, -0.1) is 10.2 Å². The van der Waals surface area contributed by atoms with Gasteiger partial charge in [-0.1, -0.05) is 29.0 Å². The fourth-order valence-electron chi connectivity index (χ4n) is 2.58. The van der Waals surface area contributed by atoms with E-state index in [-0.39, 0.29) is 24.3 Å². The largest absolute Gasteiger partial charge is 0.375 e. The Balaban J connectivity index is 1.68. The number of carbonyl (C=O) groups is 2. The Morgan fingerprint density at radius 2 is 2.12 bits per heavy atom. The zero-order valence-electron chi connectivity index (χ0n) is 13.5. The zero-order valence-corrected chi connectivity index (χ0v) is 14.3. The molecule has 0 bridgehead atoms. The summed E-state index contributed by atoms with van der Waals surface area (Å²) in [6.45, 7) is 2.56. The van der Waals surface area contributed by atoms with E-state index in [9.17, 15) is 9.59 Å². The second-order valence-electron chi connectivity index (χ2n) is 5.67. The van der Waals surface area contributed by atoms with Gasteiger partial charge in [-0.2, -0.15) is 0 Å². The Bertz CT molecular complexity index is 744. The van der Waals surface area contributed by atoms with Crippen molar-refractivity contribution in [1.29, 1.82) is 0 Å². The highest BCUT2D eigenvalue weighted by Crippen LogP contribution is 2.34. The quantitative estimate of drug-likeness (QED) is 0.894. The molecule has 2 amide bonds. The number of benzene rings is 1. The van der Waals surface area contributed by atoms with Gasteiger partial charge in [0.05, 0.1) is 0 Å². The third kappa shape index (κ3) is 3.60. The average molecular weight is 346 g/mol. The molecule has 1 aliphatic rings. The first-order chi connectivity index (χ1) is 11.6. The van der Waals surface area contributed by atoms with Crippen LogP contribution in [0.1, 0.15) is 22.9 Å². The van der Waals surface area contributed by atoms with Gasteiger partial charge in [0.25, 0.3) is 5.91 Å². The van der Waals surface area contributed by atoms with Crippen LogP contribution in [0.2, 0.25) is 0 Å². The average Bonchev–Trinajstić information content (AvgIpc) is 3.15. The van der Waals surface area contributed by atoms with Gasteiger partial charge in [-0.3, -0.25) is 14.9 Å². The van der Waals surface area contributed by atoms with Crippen LogP contribution in [0.5, 0.6) is 0 Å². The smallest absolute Gasteiger partial charge is 0.252 e. The van der Waals surface area contributed by atoms with E-state index >= 15 is 0 Å². The Labute approximate surface area is 143 Å². The topological polar surface area (TPSA) is 84.4 Å². The minimum absolute atomic E-state index is 0.00983. The Morgan fingerprint density at radius 3 is 2.83 bits per heavy atom. The van der Waals surface area contributed by atoms with Gasteiger partial charge in [0.1, 0.15) is 11.6 Å². The number of nitrogens with zero attached hydrogens (tertiary/aromatic N) is 3. The monoisotopic (exact) mass is 346 g/mol. The summed E-state index contributed by atoms with van der Waals surface area (Å²) in [6, 6.07) is 7.88. The first kappa shape index (κ1) is 16.5. The number of rotatable bonds is 5. The minimum atomic E-state index is -0.274. The molecule has 0 saturated carbocycles. The van der Waals surface area contributed by atoms with Crippen molar-refractivity contribution in [1.82, 2.24) is 10.2 Å². The summed E-state index contributed by atoms with van der Waals surface area (Å²) in [5.41, 5.74) is 2.05. The third-order valence-electron chi connectivity index (χ3n) is 3.78. The lowest BCUT2D eigenvalue weighted by atomic mass is 10.1. The molecule has 1 N–H and O–H groups in total. The maximum absolute atomic E-state index is 12.3. The molecule has 1 atom stereocenters. The van der Waals surface area contributed by atoms with E-state index in [1.165, 1.54) is 18.4 Å². The summed E-state index contributed by atoms with van der Waals surface area (Å²) in [6.07, 6.45) is 0.397. The maximum atomic E-state index is 12.3. The molecular formula is C16H18N4O3S. The van der Waals surface area contributed by atoms with E-state index in [4.69, 9.17) is 4.74 Å². The number of nitrogens with one attached hydrogen (secondary N) is 1. The third-order valence-corrected chi connectivity index (χ3v) is 4.78. The minimum Gasteiger partial charge on any atom is -0.375 e. The van der Waals surface area contributed by atoms with Crippen molar-refractivity contribution in [2.45, 2.75) is 19.3 Å². The number of methoxy groups -OCH3 is 1. The van der Waals surface area contributed by atoms with Crippen LogP contribution in [0.3, 0.4) is 0 Å². The molecule has 7 nitrogen and oxygen atoms in total. The van der Waals surface area contributed by atoms with Gasteiger partial charge in [0.2, 0.25) is 11.0 Å². The molecule has 1 aromatic carbocycles. The lowest BCUT2D eigenvalue weighted by molar-refractivity contribution is -0.119. The molecule has 2 heterocycles. The number of anilines is 2. The molecule has 0 unspecified atom stereocenters. The van der Waals surface area contributed by atoms with Crippen LogP contribution in [0.4, 0.5) is 10.8 Å². The maximum Gasteiger partial charge on any atom is 0.252 e. The van der Waals surface area contributed by atoms with Crippen molar-refractivity contribution in [3.05, 3.63) is 34.8 Å². The van der Waals surface area contributed by atoms with Crippen LogP contribution in [-0.4, -0.2) is 42.3 Å². The van der Waals surface area contributed by atoms with Crippen LogP contribution in [0.25, 0.3) is 0 Å². The molecule has 1 aromatic heterocycles. The molecule has 0 spiro atoms. The van der Waals surface area contributed by atoms with E-state index in [0.29, 0.717) is 18.1 Å². The molecule has 24 heavy (non-hydrogen) atoms. The summed E-state index contributed by atoms with van der Waals surface area (Å²) < 4.78 is 4.76. The Morgan fingerprint density at radius 1 is 1.38 bits per heavy atom. The number of aryl methyl sites for hydroxylation is 1. The van der Waals surface area contributed by atoms with Gasteiger partial charge < -0.3 is 9.64 Å². The van der Waals surface area contributed by atoms with E-state index < -0.39 is 0 Å². The van der Waals surface area contributed by atoms with Crippen LogP contribution in [-0.2, 0) is 14.3 Å². The number of carbonyl (C=O) groups excluding carboxylic acids is 2. The molecule has 3 rings (SSSR count). The van der Waals surface area contributed by atoms with Crippen molar-refractivity contribution in [3.8, 4) is 0 Å². The molecule has 2 aromatic rings. The molecule has 1 saturated heterocycles. The van der Waals surface area contributed by atoms with Gasteiger partial charge in [-0.25, -0.2) is 0 Å². The van der Waals surface area contributed by atoms with Gasteiger partial charge >= 0.3 is 0 Å². The molecular weight excluding hydrogens is 328 g/mol. The van der Waals surface area contributed by atoms with Crippen molar-refractivity contribution < 1.29 is 14.3 Å². The first-order valence-electron chi connectivity index (χ1n) is 7.56. The van der Waals surface area contributed by atoms with Crippen molar-refractivity contribution in [2.24, 2.45) is 0 Å². The van der Waals surface area contributed by atoms with Crippen molar-refractivity contribution in [3.63, 3.8) is 0 Å². The zero-order chi connectivity index (χ0) is 17.1. The van der Waals surface area contributed by atoms with Gasteiger partial charge in [0, 0.05) is 31.7 Å². The summed E-state index contributed by atoms with van der Waals surface area (Å²) in [5, 5.41) is 11.9. The predicted molar refractivity (Wildman–Crippen MR) is 91.3 cm³/mol. The fourth-order valence-corrected chi connectivity index (χ4v) is 3.43. The molecule has 8 heteroatoms. The number of hydrogen-bond donors (Lipinski definition) is 1. The fraction of sp³-hybridized carbons (Fsp3) is 0.375. The van der Waals surface area contributed by atoms with E-state index in [1.807, 2.05) is 31.2 Å². The number of aromatic nitrogens is 2. The van der Waals surface area contributed by atoms with E-state index in [2.05, 4.69) is 15.5 Å². The lowest BCUT2D eigenvalue weighted by Crippen LogP contribution is -2.24. The molecule has 126 valence electrons. The highest BCUT2D eigenvalue weighted by Gasteiger charge is 2.33. The molecule has 1 aliphatic heterocycles. The lowest BCUT2D eigenvalue weighted by Gasteiger charge is -2.16. The van der Waals surface area contributed by atoms with Crippen molar-refractivity contribution >= 4 is 34.0 Å². The first-order valence-corrected chi connectivity index (χ1v) is 8.37. The van der Waals surface area contributed by atoms with Gasteiger partial charge in [0.15, 0.2) is 0 Å². The van der Waals surface area contributed by atoms with E-state index in [0.717, 1.165) is 16.3 Å². The second kappa shape index (κ2) is 7.06. The highest BCUT2D eigenvalue weighted by molar-refractivity contribution is 7.15. The van der Waals surface area contributed by atoms with Crippen LogP contribution in [0.15, 0.2) is 24.3 Å². The summed E-state index contributed by atoms with van der Waals surface area (Å²) in [7, 11) is 1.45. The molecule has 0 radical (unpaired) electrons. The Kier molecular flexibility index (Phi) is 4.86. The summed E-state index contributed by atoms with van der Waals surface area (Å²) in [5.74, 6) is -0.211. The van der Waals surface area contributed by atoms with E-state index in [1.54, 1.807) is 4.90 Å². The summed E-state index contributed by atoms with van der Waals surface area (Å²) in [4.78, 5) is 25.6. The SMILES string of the molecule is COCC(=O)Nc1nnc([C@H]2CC(=O)N(c3ccc(C)cc3)C2)s1. The Hall–Kier alpha value is -2.32. The number of amides is 2.